The molecule has 1 aliphatic rings. The first-order chi connectivity index (χ1) is 16.5. The van der Waals surface area contributed by atoms with E-state index in [0.29, 0.717) is 33.4 Å². The third-order valence-corrected chi connectivity index (χ3v) is 6.81. The van der Waals surface area contributed by atoms with Crippen LogP contribution in [0.5, 0.6) is 5.88 Å². The maximum Gasteiger partial charge on any atom is 0.244 e. The number of para-hydroxylation sites is 1. The van der Waals surface area contributed by atoms with Gasteiger partial charge in [-0.15, -0.1) is 5.10 Å². The number of nitriles is 1. The molecule has 1 aliphatic heterocycles. The Labute approximate surface area is 196 Å². The Kier molecular flexibility index (Phi) is 4.46. The summed E-state index contributed by atoms with van der Waals surface area (Å²) in [6.07, 6.45) is 1.84. The normalized spacial score (nSPS) is 15.3. The van der Waals surface area contributed by atoms with Gasteiger partial charge >= 0.3 is 0 Å². The summed E-state index contributed by atoms with van der Waals surface area (Å²) in [5, 5.41) is 22.6. The topological polar surface area (TPSA) is 118 Å². The van der Waals surface area contributed by atoms with Crippen LogP contribution in [0.25, 0.3) is 26.6 Å². The van der Waals surface area contributed by atoms with E-state index in [-0.39, 0.29) is 17.3 Å². The standard InChI is InChI=1S/C24H16FN7OS/c1-12-19-20(15(10-26)22(27)33-23(19)30-29-12)16-11-32(24-28-17-4-2-3-5-18(17)34-24)31-21(16)13-6-8-14(25)9-7-13/h2-9,11,20H,27H2,1H3,(H,29,30). The number of nitrogens with two attached hydrogens (primary N) is 1. The van der Waals surface area contributed by atoms with E-state index in [1.807, 2.05) is 37.4 Å². The van der Waals surface area contributed by atoms with Crippen LogP contribution in [0.15, 0.2) is 66.2 Å². The zero-order valence-electron chi connectivity index (χ0n) is 17.8. The summed E-state index contributed by atoms with van der Waals surface area (Å²) in [5.41, 5.74) is 10.7. The first-order valence-corrected chi connectivity index (χ1v) is 11.2. The molecule has 0 bridgehead atoms. The molecule has 3 aromatic heterocycles. The number of hydrogen-bond acceptors (Lipinski definition) is 7. The van der Waals surface area contributed by atoms with Gasteiger partial charge in [-0.1, -0.05) is 23.5 Å². The molecule has 5 aromatic rings. The minimum Gasteiger partial charge on any atom is -0.420 e. The first kappa shape index (κ1) is 20.1. The lowest BCUT2D eigenvalue weighted by Crippen LogP contribution is -2.21. The largest absolute Gasteiger partial charge is 0.420 e. The van der Waals surface area contributed by atoms with Crippen LogP contribution in [-0.2, 0) is 0 Å². The monoisotopic (exact) mass is 469 g/mol. The van der Waals surface area contributed by atoms with Crippen molar-refractivity contribution in [2.45, 2.75) is 12.8 Å². The molecule has 1 atom stereocenters. The number of fused-ring (bicyclic) bond motifs is 2. The van der Waals surface area contributed by atoms with Crippen LogP contribution in [-0.4, -0.2) is 25.0 Å². The highest BCUT2D eigenvalue weighted by Crippen LogP contribution is 2.45. The molecule has 8 nitrogen and oxygen atoms in total. The zero-order chi connectivity index (χ0) is 23.4. The van der Waals surface area contributed by atoms with Crippen molar-refractivity contribution in [2.75, 3.05) is 0 Å². The SMILES string of the molecule is Cc1[nH]nc2c1C(c1cn(-c3nc4ccccc4s3)nc1-c1ccc(F)cc1)C(C#N)=C(N)O2. The van der Waals surface area contributed by atoms with E-state index >= 15 is 0 Å². The second-order valence-corrected chi connectivity index (χ2v) is 8.85. The third-order valence-electron chi connectivity index (χ3n) is 5.78. The molecule has 1 unspecified atom stereocenters. The number of ether oxygens (including phenoxy) is 1. The molecule has 10 heteroatoms. The summed E-state index contributed by atoms with van der Waals surface area (Å²) in [6, 6.07) is 16.1. The van der Waals surface area contributed by atoms with Crippen LogP contribution in [0, 0.1) is 24.1 Å². The Morgan fingerprint density at radius 1 is 1.21 bits per heavy atom. The minimum atomic E-state index is -0.573. The lowest BCUT2D eigenvalue weighted by molar-refractivity contribution is 0.379. The molecule has 0 saturated heterocycles. The van der Waals surface area contributed by atoms with Crippen molar-refractivity contribution in [3.63, 3.8) is 0 Å². The van der Waals surface area contributed by atoms with Crippen LogP contribution in [0.3, 0.4) is 0 Å². The van der Waals surface area contributed by atoms with E-state index in [0.717, 1.165) is 15.9 Å². The molecule has 0 fully saturated rings. The summed E-state index contributed by atoms with van der Waals surface area (Å²) in [7, 11) is 0. The van der Waals surface area contributed by atoms with Gasteiger partial charge in [0, 0.05) is 28.6 Å². The van der Waals surface area contributed by atoms with E-state index in [2.05, 4.69) is 16.3 Å². The van der Waals surface area contributed by atoms with Gasteiger partial charge in [0.25, 0.3) is 0 Å². The number of halogens is 1. The number of aromatic amines is 1. The number of nitrogens with zero attached hydrogens (tertiary/aromatic N) is 5. The zero-order valence-corrected chi connectivity index (χ0v) is 18.6. The molecular formula is C24H16FN7OS. The summed E-state index contributed by atoms with van der Waals surface area (Å²) in [4.78, 5) is 4.71. The van der Waals surface area contributed by atoms with Crippen LogP contribution in [0.4, 0.5) is 4.39 Å². The number of aryl methyl sites for hydroxylation is 1. The Hall–Kier alpha value is -4.49. The number of H-pyrrole nitrogens is 1. The quantitative estimate of drug-likeness (QED) is 0.401. The summed E-state index contributed by atoms with van der Waals surface area (Å²) < 4.78 is 22.0. The highest BCUT2D eigenvalue weighted by molar-refractivity contribution is 7.20. The van der Waals surface area contributed by atoms with Gasteiger partial charge in [-0.3, -0.25) is 5.10 Å². The van der Waals surface area contributed by atoms with Crippen LogP contribution in [0.1, 0.15) is 22.7 Å². The van der Waals surface area contributed by atoms with Crippen molar-refractivity contribution in [2.24, 2.45) is 5.73 Å². The number of benzene rings is 2. The third kappa shape index (κ3) is 3.06. The molecule has 0 radical (unpaired) electrons. The molecule has 6 rings (SSSR count). The Bertz CT molecular complexity index is 1610. The molecule has 166 valence electrons. The molecule has 34 heavy (non-hydrogen) atoms. The molecule has 3 N–H and O–H groups in total. The van der Waals surface area contributed by atoms with Crippen LogP contribution >= 0.6 is 11.3 Å². The van der Waals surface area contributed by atoms with Gasteiger partial charge in [-0.25, -0.2) is 14.1 Å². The van der Waals surface area contributed by atoms with Gasteiger partial charge in [0.15, 0.2) is 0 Å². The molecule has 0 spiro atoms. The summed E-state index contributed by atoms with van der Waals surface area (Å²) in [6.45, 7) is 1.86. The predicted molar refractivity (Wildman–Crippen MR) is 125 cm³/mol. The van der Waals surface area contributed by atoms with Gasteiger partial charge < -0.3 is 10.5 Å². The fraction of sp³-hybridized carbons (Fsp3) is 0.0833. The maximum absolute atomic E-state index is 13.7. The lowest BCUT2D eigenvalue weighted by atomic mass is 9.83. The van der Waals surface area contributed by atoms with E-state index in [4.69, 9.17) is 20.6 Å². The predicted octanol–water partition coefficient (Wildman–Crippen LogP) is 4.54. The van der Waals surface area contributed by atoms with Crippen molar-refractivity contribution >= 4 is 21.6 Å². The highest BCUT2D eigenvalue weighted by Gasteiger charge is 2.37. The summed E-state index contributed by atoms with van der Waals surface area (Å²) >= 11 is 1.50. The number of nitrogens with one attached hydrogen (secondary N) is 1. The number of thiazole rings is 1. The molecular weight excluding hydrogens is 453 g/mol. The molecule has 4 heterocycles. The molecule has 0 saturated carbocycles. The van der Waals surface area contributed by atoms with E-state index in [9.17, 15) is 9.65 Å². The van der Waals surface area contributed by atoms with E-state index in [1.54, 1.807) is 16.8 Å². The second kappa shape index (κ2) is 7.54. The van der Waals surface area contributed by atoms with Crippen LogP contribution < -0.4 is 10.5 Å². The number of rotatable bonds is 3. The molecule has 0 amide bonds. The Morgan fingerprint density at radius 3 is 2.76 bits per heavy atom. The van der Waals surface area contributed by atoms with Crippen molar-refractivity contribution in [3.8, 4) is 28.3 Å². The van der Waals surface area contributed by atoms with Crippen molar-refractivity contribution in [3.05, 3.63) is 88.8 Å². The molecule has 0 aliphatic carbocycles. The van der Waals surface area contributed by atoms with E-state index < -0.39 is 5.92 Å². The van der Waals surface area contributed by atoms with E-state index in [1.165, 1.54) is 23.5 Å². The highest BCUT2D eigenvalue weighted by atomic mass is 32.1. The van der Waals surface area contributed by atoms with Gasteiger partial charge in [0.1, 0.15) is 17.5 Å². The van der Waals surface area contributed by atoms with Gasteiger partial charge in [0.05, 0.1) is 21.8 Å². The van der Waals surface area contributed by atoms with Crippen LogP contribution in [0.2, 0.25) is 0 Å². The second-order valence-electron chi connectivity index (χ2n) is 7.84. The Morgan fingerprint density at radius 2 is 2.00 bits per heavy atom. The van der Waals surface area contributed by atoms with Gasteiger partial charge in [0.2, 0.25) is 16.9 Å². The fourth-order valence-electron chi connectivity index (χ4n) is 4.20. The minimum absolute atomic E-state index is 0.00991. The number of allylic oxidation sites excluding steroid dienone is 1. The summed E-state index contributed by atoms with van der Waals surface area (Å²) in [5.74, 6) is -0.617. The van der Waals surface area contributed by atoms with Gasteiger partial charge in [-0.2, -0.15) is 10.4 Å². The van der Waals surface area contributed by atoms with Gasteiger partial charge in [-0.05, 0) is 43.3 Å². The lowest BCUT2D eigenvalue weighted by Gasteiger charge is -2.23. The average Bonchev–Trinajstić information content (AvgIpc) is 3.55. The average molecular weight is 470 g/mol. The maximum atomic E-state index is 13.7. The van der Waals surface area contributed by atoms with Crippen molar-refractivity contribution in [1.29, 1.82) is 5.26 Å². The number of aromatic nitrogens is 5. The smallest absolute Gasteiger partial charge is 0.244 e. The Balaban J connectivity index is 1.61. The molecule has 2 aromatic carbocycles. The first-order valence-electron chi connectivity index (χ1n) is 10.4. The fourth-order valence-corrected chi connectivity index (χ4v) is 5.09. The van der Waals surface area contributed by atoms with Crippen molar-refractivity contribution in [1.82, 2.24) is 25.0 Å². The van der Waals surface area contributed by atoms with Crippen molar-refractivity contribution < 1.29 is 9.13 Å². The number of hydrogen-bond donors (Lipinski definition) is 2.